The van der Waals surface area contributed by atoms with Crippen LogP contribution in [0.3, 0.4) is 0 Å². The van der Waals surface area contributed by atoms with Gasteiger partial charge in [0.25, 0.3) is 5.91 Å². The summed E-state index contributed by atoms with van der Waals surface area (Å²) < 4.78 is 18.4. The fourth-order valence-corrected chi connectivity index (χ4v) is 2.56. The topological polar surface area (TPSA) is 91.4 Å². The number of carbonyl (C=O) groups excluding carboxylic acids is 1. The van der Waals surface area contributed by atoms with E-state index in [-0.39, 0.29) is 17.7 Å². The number of hydrogen-bond donors (Lipinski definition) is 3. The maximum absolute atomic E-state index is 13.3. The zero-order chi connectivity index (χ0) is 15.7. The molecule has 0 unspecified atom stereocenters. The summed E-state index contributed by atoms with van der Waals surface area (Å²) in [6.07, 6.45) is -0.300. The van der Waals surface area contributed by atoms with E-state index in [0.29, 0.717) is 18.4 Å². The van der Waals surface area contributed by atoms with Crippen LogP contribution in [0, 0.1) is 5.82 Å². The third-order valence-electron chi connectivity index (χ3n) is 3.69. The predicted octanol–water partition coefficient (Wildman–Crippen LogP) is 0.547. The Morgan fingerprint density at radius 1 is 1.41 bits per heavy atom. The maximum Gasteiger partial charge on any atom is 0.252 e. The second kappa shape index (κ2) is 5.86. The van der Waals surface area contributed by atoms with Crippen molar-refractivity contribution in [2.24, 2.45) is 0 Å². The first-order valence-corrected chi connectivity index (χ1v) is 6.94. The molecule has 7 heteroatoms. The number of aliphatic hydroxyl groups excluding tert-OH is 1. The molecule has 1 aliphatic rings. The first kappa shape index (κ1) is 14.7. The molecule has 1 aliphatic heterocycles. The van der Waals surface area contributed by atoms with Crippen molar-refractivity contribution in [3.63, 3.8) is 0 Å². The van der Waals surface area contributed by atoms with E-state index in [2.05, 4.69) is 10.3 Å². The van der Waals surface area contributed by atoms with Crippen molar-refractivity contribution in [2.75, 3.05) is 13.2 Å². The Hall–Kier alpha value is -2.25. The highest BCUT2D eigenvalue weighted by molar-refractivity contribution is 6.06. The number of fused-ring (bicyclic) bond motifs is 1. The van der Waals surface area contributed by atoms with Crippen molar-refractivity contribution >= 4 is 16.8 Å². The number of aromatic amines is 1. The van der Waals surface area contributed by atoms with Crippen LogP contribution in [0.25, 0.3) is 10.9 Å². The summed E-state index contributed by atoms with van der Waals surface area (Å²) in [6, 6.07) is 4.56. The molecule has 0 spiro atoms. The minimum absolute atomic E-state index is 0.150. The van der Waals surface area contributed by atoms with Crippen LogP contribution in [0.1, 0.15) is 16.8 Å². The number of halogens is 1. The summed E-state index contributed by atoms with van der Waals surface area (Å²) in [5.74, 6) is -0.978. The molecule has 2 atom stereocenters. The lowest BCUT2D eigenvalue weighted by Gasteiger charge is -2.28. The van der Waals surface area contributed by atoms with Crippen LogP contribution >= 0.6 is 0 Å². The highest BCUT2D eigenvalue weighted by Gasteiger charge is 2.26. The third-order valence-corrected chi connectivity index (χ3v) is 3.69. The number of pyridine rings is 1. The second-order valence-electron chi connectivity index (χ2n) is 5.25. The minimum Gasteiger partial charge on any atom is -0.389 e. The molecule has 3 rings (SSSR count). The number of ether oxygens (including phenoxy) is 1. The second-order valence-corrected chi connectivity index (χ2v) is 5.25. The van der Waals surface area contributed by atoms with Crippen LogP contribution in [0.4, 0.5) is 4.39 Å². The van der Waals surface area contributed by atoms with Gasteiger partial charge in [-0.1, -0.05) is 0 Å². The molecule has 2 aromatic rings. The molecule has 0 bridgehead atoms. The van der Waals surface area contributed by atoms with Gasteiger partial charge in [0.15, 0.2) is 0 Å². The van der Waals surface area contributed by atoms with Gasteiger partial charge in [-0.3, -0.25) is 9.59 Å². The van der Waals surface area contributed by atoms with Gasteiger partial charge in [0.1, 0.15) is 5.82 Å². The predicted molar refractivity (Wildman–Crippen MR) is 77.2 cm³/mol. The Morgan fingerprint density at radius 3 is 3.00 bits per heavy atom. The normalized spacial score (nSPS) is 21.7. The monoisotopic (exact) mass is 306 g/mol. The molecule has 1 fully saturated rings. The van der Waals surface area contributed by atoms with E-state index in [1.807, 2.05) is 0 Å². The van der Waals surface area contributed by atoms with Crippen LogP contribution in [-0.4, -0.2) is 41.4 Å². The van der Waals surface area contributed by atoms with E-state index in [1.165, 1.54) is 18.2 Å². The summed E-state index contributed by atoms with van der Waals surface area (Å²) in [6.45, 7) is 0.607. The fraction of sp³-hybridized carbons (Fsp3) is 0.333. The lowest BCUT2D eigenvalue weighted by molar-refractivity contribution is -0.0260. The molecule has 6 nitrogen and oxygen atoms in total. The van der Waals surface area contributed by atoms with E-state index in [1.54, 1.807) is 0 Å². The maximum atomic E-state index is 13.3. The minimum atomic E-state index is -0.789. The van der Waals surface area contributed by atoms with Crippen LogP contribution in [0.15, 0.2) is 29.1 Å². The Morgan fingerprint density at radius 2 is 2.23 bits per heavy atom. The largest absolute Gasteiger partial charge is 0.389 e. The van der Waals surface area contributed by atoms with Crippen molar-refractivity contribution in [2.45, 2.75) is 18.6 Å². The Bertz CT molecular complexity index is 774. The Balaban J connectivity index is 1.95. The summed E-state index contributed by atoms with van der Waals surface area (Å²) in [4.78, 5) is 26.5. The van der Waals surface area contributed by atoms with Gasteiger partial charge in [0.05, 0.1) is 29.8 Å². The Labute approximate surface area is 124 Å². The zero-order valence-corrected chi connectivity index (χ0v) is 11.6. The number of nitrogens with one attached hydrogen (secondary N) is 2. The number of benzene rings is 1. The first-order chi connectivity index (χ1) is 10.5. The molecule has 0 aliphatic carbocycles. The molecule has 1 saturated heterocycles. The zero-order valence-electron chi connectivity index (χ0n) is 11.6. The van der Waals surface area contributed by atoms with Crippen LogP contribution in [0.5, 0.6) is 0 Å². The molecule has 116 valence electrons. The first-order valence-electron chi connectivity index (χ1n) is 6.94. The highest BCUT2D eigenvalue weighted by atomic mass is 19.1. The molecule has 2 heterocycles. The number of aliphatic hydroxyl groups is 1. The highest BCUT2D eigenvalue weighted by Crippen LogP contribution is 2.17. The molecular weight excluding hydrogens is 291 g/mol. The summed E-state index contributed by atoms with van der Waals surface area (Å²) >= 11 is 0. The van der Waals surface area contributed by atoms with Gasteiger partial charge < -0.3 is 20.1 Å². The lowest BCUT2D eigenvalue weighted by atomic mass is 10.0. The SMILES string of the molecule is O=C(N[C@@H]1CCOC[C@H]1O)c1cc(=O)[nH]c2cc(F)ccc12. The molecule has 0 radical (unpaired) electrons. The summed E-state index contributed by atoms with van der Waals surface area (Å²) in [7, 11) is 0. The number of H-pyrrole nitrogens is 1. The number of aromatic nitrogens is 1. The number of hydrogen-bond acceptors (Lipinski definition) is 4. The third kappa shape index (κ3) is 2.86. The van der Waals surface area contributed by atoms with Gasteiger partial charge in [-0.05, 0) is 24.6 Å². The molecule has 0 saturated carbocycles. The van der Waals surface area contributed by atoms with Crippen LogP contribution in [0.2, 0.25) is 0 Å². The van der Waals surface area contributed by atoms with Gasteiger partial charge in [-0.15, -0.1) is 0 Å². The van der Waals surface area contributed by atoms with Gasteiger partial charge >= 0.3 is 0 Å². The van der Waals surface area contributed by atoms with Crippen LogP contribution < -0.4 is 10.9 Å². The lowest BCUT2D eigenvalue weighted by Crippen LogP contribution is -2.48. The van der Waals surface area contributed by atoms with Crippen molar-refractivity contribution in [1.82, 2.24) is 10.3 Å². The fourth-order valence-electron chi connectivity index (χ4n) is 2.56. The van der Waals surface area contributed by atoms with Crippen molar-refractivity contribution < 1.29 is 19.0 Å². The average molecular weight is 306 g/mol. The molecular formula is C15H15FN2O4. The molecule has 22 heavy (non-hydrogen) atoms. The van der Waals surface area contributed by atoms with Gasteiger partial charge in [-0.25, -0.2) is 4.39 Å². The van der Waals surface area contributed by atoms with E-state index in [9.17, 15) is 19.1 Å². The molecule has 1 amide bonds. The number of rotatable bonds is 2. The van der Waals surface area contributed by atoms with Gasteiger partial charge in [0, 0.05) is 18.1 Å². The smallest absolute Gasteiger partial charge is 0.252 e. The van der Waals surface area contributed by atoms with Crippen molar-refractivity contribution in [3.05, 3.63) is 46.0 Å². The van der Waals surface area contributed by atoms with Crippen LogP contribution in [-0.2, 0) is 4.74 Å². The average Bonchev–Trinajstić information content (AvgIpc) is 2.48. The quantitative estimate of drug-likeness (QED) is 0.755. The van der Waals surface area contributed by atoms with E-state index >= 15 is 0 Å². The van der Waals surface area contributed by atoms with Crippen molar-refractivity contribution in [3.8, 4) is 0 Å². The number of carbonyl (C=O) groups is 1. The van der Waals surface area contributed by atoms with E-state index in [0.717, 1.165) is 6.07 Å². The van der Waals surface area contributed by atoms with E-state index < -0.39 is 29.4 Å². The van der Waals surface area contributed by atoms with Gasteiger partial charge in [0.2, 0.25) is 5.56 Å². The van der Waals surface area contributed by atoms with Gasteiger partial charge in [-0.2, -0.15) is 0 Å². The molecule has 1 aromatic heterocycles. The molecule has 1 aromatic carbocycles. The number of amides is 1. The molecule has 3 N–H and O–H groups in total. The van der Waals surface area contributed by atoms with E-state index in [4.69, 9.17) is 4.74 Å². The summed E-state index contributed by atoms with van der Waals surface area (Å²) in [5, 5.41) is 13.0. The summed E-state index contributed by atoms with van der Waals surface area (Å²) in [5.41, 5.74) is -0.0848. The Kier molecular flexibility index (Phi) is 3.91. The standard InChI is InChI=1S/C15H15FN2O4/c16-8-1-2-9-10(6-14(20)17-12(9)5-8)15(21)18-11-3-4-22-7-13(11)19/h1-2,5-6,11,13,19H,3-4,7H2,(H,17,20)(H,18,21)/t11-,13-/m1/s1. The van der Waals surface area contributed by atoms with Crippen molar-refractivity contribution in [1.29, 1.82) is 0 Å².